The molecule has 0 aliphatic carbocycles. The molecule has 0 amide bonds. The van der Waals surface area contributed by atoms with Crippen molar-refractivity contribution in [2.24, 2.45) is 0 Å². The number of thiazole rings is 1. The highest BCUT2D eigenvalue weighted by atomic mass is 32.1. The summed E-state index contributed by atoms with van der Waals surface area (Å²) in [6, 6.07) is 9.80. The van der Waals surface area contributed by atoms with Crippen LogP contribution in [0, 0.1) is 17.0 Å². The predicted molar refractivity (Wildman–Crippen MR) is 92.4 cm³/mol. The lowest BCUT2D eigenvalue weighted by Crippen LogP contribution is -2.04. The topological polar surface area (TPSA) is 82.3 Å². The first-order valence-corrected chi connectivity index (χ1v) is 8.66. The van der Waals surface area contributed by atoms with Gasteiger partial charge in [-0.25, -0.2) is 9.78 Å². The summed E-state index contributed by atoms with van der Waals surface area (Å²) < 4.78 is 5.29. The van der Waals surface area contributed by atoms with E-state index >= 15 is 0 Å². The van der Waals surface area contributed by atoms with Crippen molar-refractivity contribution in [1.82, 2.24) is 4.98 Å². The summed E-state index contributed by atoms with van der Waals surface area (Å²) in [6.07, 6.45) is 0. The molecule has 6 nitrogen and oxygen atoms in total. The minimum Gasteiger partial charge on any atom is -0.457 e. The summed E-state index contributed by atoms with van der Waals surface area (Å²) in [5.41, 5.74) is 1.33. The first kappa shape index (κ1) is 16.3. The Balaban J connectivity index is 1.68. The molecule has 1 aromatic carbocycles. The number of ether oxygens (including phenoxy) is 1. The standard InChI is InChI=1S/C16H12N2O4S2/c1-10-14(24-15(17-10)13-3-2-8-23-13)16(19)22-9-11-4-6-12(7-5-11)18(20)21/h2-8H,9H2,1H3. The van der Waals surface area contributed by atoms with Crippen molar-refractivity contribution in [3.63, 3.8) is 0 Å². The first-order valence-electron chi connectivity index (χ1n) is 6.96. The Morgan fingerprint density at radius 3 is 2.67 bits per heavy atom. The average Bonchev–Trinajstić information content (AvgIpc) is 3.22. The maximum absolute atomic E-state index is 12.2. The Morgan fingerprint density at radius 2 is 2.04 bits per heavy atom. The van der Waals surface area contributed by atoms with E-state index in [-0.39, 0.29) is 12.3 Å². The number of rotatable bonds is 5. The maximum atomic E-state index is 12.2. The second kappa shape index (κ2) is 6.90. The van der Waals surface area contributed by atoms with Gasteiger partial charge >= 0.3 is 5.97 Å². The minimum atomic E-state index is -0.470. The molecule has 3 aromatic rings. The fourth-order valence-electron chi connectivity index (χ4n) is 2.02. The molecule has 122 valence electrons. The van der Waals surface area contributed by atoms with Crippen LogP contribution in [0.1, 0.15) is 20.9 Å². The van der Waals surface area contributed by atoms with E-state index in [1.54, 1.807) is 30.4 Å². The Kier molecular flexibility index (Phi) is 4.68. The van der Waals surface area contributed by atoms with E-state index < -0.39 is 10.9 Å². The molecule has 24 heavy (non-hydrogen) atoms. The van der Waals surface area contributed by atoms with Crippen LogP contribution in [0.25, 0.3) is 9.88 Å². The smallest absolute Gasteiger partial charge is 0.350 e. The molecule has 0 saturated heterocycles. The average molecular weight is 360 g/mol. The molecule has 3 rings (SSSR count). The van der Waals surface area contributed by atoms with Crippen molar-refractivity contribution >= 4 is 34.3 Å². The first-order chi connectivity index (χ1) is 11.5. The number of carbonyl (C=O) groups is 1. The van der Waals surface area contributed by atoms with Crippen molar-refractivity contribution in [2.45, 2.75) is 13.5 Å². The Labute approximate surface area is 145 Å². The van der Waals surface area contributed by atoms with Crippen LogP contribution in [-0.4, -0.2) is 15.9 Å². The number of hydrogen-bond acceptors (Lipinski definition) is 7. The number of benzene rings is 1. The molecule has 0 N–H and O–H groups in total. The van der Waals surface area contributed by atoms with Gasteiger partial charge in [-0.15, -0.1) is 22.7 Å². The van der Waals surface area contributed by atoms with Gasteiger partial charge in [-0.3, -0.25) is 10.1 Å². The van der Waals surface area contributed by atoms with E-state index in [4.69, 9.17) is 4.74 Å². The molecule has 0 unspecified atom stereocenters. The van der Waals surface area contributed by atoms with Crippen molar-refractivity contribution in [3.8, 4) is 9.88 Å². The zero-order valence-electron chi connectivity index (χ0n) is 12.6. The SMILES string of the molecule is Cc1nc(-c2cccs2)sc1C(=O)OCc1ccc([N+](=O)[O-])cc1. The second-order valence-corrected chi connectivity index (χ2v) is 6.86. The normalized spacial score (nSPS) is 10.5. The van der Waals surface area contributed by atoms with Gasteiger partial charge in [-0.2, -0.15) is 0 Å². The van der Waals surface area contributed by atoms with Crippen LogP contribution < -0.4 is 0 Å². The third kappa shape index (κ3) is 3.50. The zero-order chi connectivity index (χ0) is 17.1. The fourth-order valence-corrected chi connectivity index (χ4v) is 3.78. The molecule has 0 bridgehead atoms. The summed E-state index contributed by atoms with van der Waals surface area (Å²) in [7, 11) is 0. The van der Waals surface area contributed by atoms with Gasteiger partial charge in [0.25, 0.3) is 5.69 Å². The van der Waals surface area contributed by atoms with Crippen molar-refractivity contribution < 1.29 is 14.5 Å². The van der Waals surface area contributed by atoms with Gasteiger partial charge < -0.3 is 4.74 Å². The lowest BCUT2D eigenvalue weighted by atomic mass is 10.2. The highest BCUT2D eigenvalue weighted by Gasteiger charge is 2.18. The zero-order valence-corrected chi connectivity index (χ0v) is 14.2. The monoisotopic (exact) mass is 360 g/mol. The summed E-state index contributed by atoms with van der Waals surface area (Å²) in [5.74, 6) is -0.439. The van der Waals surface area contributed by atoms with Gasteiger partial charge in [0.15, 0.2) is 0 Å². The van der Waals surface area contributed by atoms with Gasteiger partial charge in [-0.05, 0) is 36.1 Å². The fraction of sp³-hybridized carbons (Fsp3) is 0.125. The molecular weight excluding hydrogens is 348 g/mol. The Bertz CT molecular complexity index is 870. The van der Waals surface area contributed by atoms with Crippen molar-refractivity contribution in [2.75, 3.05) is 0 Å². The van der Waals surface area contributed by atoms with E-state index in [0.29, 0.717) is 16.1 Å². The lowest BCUT2D eigenvalue weighted by molar-refractivity contribution is -0.384. The maximum Gasteiger partial charge on any atom is 0.350 e. The van der Waals surface area contributed by atoms with E-state index in [2.05, 4.69) is 4.98 Å². The van der Waals surface area contributed by atoms with E-state index in [1.165, 1.54) is 23.5 Å². The summed E-state index contributed by atoms with van der Waals surface area (Å²) >= 11 is 2.87. The van der Waals surface area contributed by atoms with Crippen molar-refractivity contribution in [3.05, 3.63) is 68.0 Å². The number of thiophene rings is 1. The summed E-state index contributed by atoms with van der Waals surface area (Å²) in [6.45, 7) is 1.83. The van der Waals surface area contributed by atoms with Gasteiger partial charge in [-0.1, -0.05) is 6.07 Å². The molecule has 8 heteroatoms. The number of nitrogens with zero attached hydrogens (tertiary/aromatic N) is 2. The number of hydrogen-bond donors (Lipinski definition) is 0. The highest BCUT2D eigenvalue weighted by molar-refractivity contribution is 7.22. The van der Waals surface area contributed by atoms with Gasteiger partial charge in [0.1, 0.15) is 16.5 Å². The van der Waals surface area contributed by atoms with Gasteiger partial charge in [0, 0.05) is 12.1 Å². The summed E-state index contributed by atoms with van der Waals surface area (Å²) in [4.78, 5) is 28.3. The molecule has 0 saturated carbocycles. The largest absolute Gasteiger partial charge is 0.457 e. The molecule has 0 aliphatic heterocycles. The molecule has 0 radical (unpaired) electrons. The van der Waals surface area contributed by atoms with Crippen LogP contribution in [0.2, 0.25) is 0 Å². The van der Waals surface area contributed by atoms with Crippen LogP contribution in [0.15, 0.2) is 41.8 Å². The number of aryl methyl sites for hydroxylation is 1. The number of nitro benzene ring substituents is 1. The van der Waals surface area contributed by atoms with Crippen LogP contribution in [-0.2, 0) is 11.3 Å². The van der Waals surface area contributed by atoms with E-state index in [0.717, 1.165) is 9.88 Å². The molecule has 0 spiro atoms. The van der Waals surface area contributed by atoms with Crippen molar-refractivity contribution in [1.29, 1.82) is 0 Å². The molecular formula is C16H12N2O4S2. The lowest BCUT2D eigenvalue weighted by Gasteiger charge is -2.03. The molecule has 0 atom stereocenters. The number of aromatic nitrogens is 1. The molecule has 2 heterocycles. The van der Waals surface area contributed by atoms with E-state index in [1.807, 2.05) is 17.5 Å². The minimum absolute atomic E-state index is 0.00367. The highest BCUT2D eigenvalue weighted by Crippen LogP contribution is 2.31. The van der Waals surface area contributed by atoms with Gasteiger partial charge in [0.2, 0.25) is 0 Å². The number of carbonyl (C=O) groups excluding carboxylic acids is 1. The second-order valence-electron chi connectivity index (χ2n) is 4.91. The third-order valence-corrected chi connectivity index (χ3v) is 5.41. The predicted octanol–water partition coefficient (Wildman–Crippen LogP) is 4.45. The Hall–Kier alpha value is -2.58. The number of nitro groups is 1. The number of esters is 1. The summed E-state index contributed by atoms with van der Waals surface area (Å²) in [5, 5.41) is 13.4. The van der Waals surface area contributed by atoms with Crippen LogP contribution >= 0.6 is 22.7 Å². The van der Waals surface area contributed by atoms with E-state index in [9.17, 15) is 14.9 Å². The molecule has 0 aliphatic rings. The van der Waals surface area contributed by atoms with Crippen LogP contribution in [0.3, 0.4) is 0 Å². The Morgan fingerprint density at radius 1 is 1.29 bits per heavy atom. The molecule has 0 fully saturated rings. The third-order valence-electron chi connectivity index (χ3n) is 3.23. The quantitative estimate of drug-likeness (QED) is 0.381. The number of non-ortho nitro benzene ring substituents is 1. The molecule has 2 aromatic heterocycles. The van der Waals surface area contributed by atoms with Gasteiger partial charge in [0.05, 0.1) is 15.5 Å². The van der Waals surface area contributed by atoms with Crippen LogP contribution in [0.4, 0.5) is 5.69 Å². The van der Waals surface area contributed by atoms with Crippen LogP contribution in [0.5, 0.6) is 0 Å².